The van der Waals surface area contributed by atoms with E-state index >= 15 is 0 Å². The highest BCUT2D eigenvalue weighted by Crippen LogP contribution is 2.29. The van der Waals surface area contributed by atoms with Gasteiger partial charge < -0.3 is 4.98 Å². The number of fused-ring (bicyclic) bond motifs is 1. The van der Waals surface area contributed by atoms with Crippen LogP contribution in [0.15, 0.2) is 51.5 Å². The Morgan fingerprint density at radius 2 is 1.90 bits per heavy atom. The molecule has 0 bridgehead atoms. The van der Waals surface area contributed by atoms with Gasteiger partial charge in [0.25, 0.3) is 0 Å². The number of hydrogen-bond donors (Lipinski definition) is 1. The van der Waals surface area contributed by atoms with Crippen LogP contribution in [0, 0.1) is 0 Å². The van der Waals surface area contributed by atoms with Gasteiger partial charge in [-0.1, -0.05) is 55.6 Å². The number of aromatic nitrogens is 1. The van der Waals surface area contributed by atoms with E-state index in [2.05, 4.69) is 36.8 Å². The summed E-state index contributed by atoms with van der Waals surface area (Å²) in [5.74, 6) is -0.0494. The molecule has 1 heterocycles. The summed E-state index contributed by atoms with van der Waals surface area (Å²) < 4.78 is 1.63. The number of H-pyrrole nitrogens is 1. The molecule has 0 spiro atoms. The van der Waals surface area contributed by atoms with Crippen molar-refractivity contribution in [1.82, 2.24) is 4.98 Å². The van der Waals surface area contributed by atoms with Crippen LogP contribution in [0.5, 0.6) is 0 Å². The number of hydrogen-bond acceptors (Lipinski definition) is 1. The van der Waals surface area contributed by atoms with Crippen LogP contribution in [0.1, 0.15) is 15.9 Å². The summed E-state index contributed by atoms with van der Waals surface area (Å²) in [5, 5.41) is 1.43. The standard InChI is InChI=1S/C15H8Br2ClNO/c16-8-4-5-12(17)10(6-8)15(20)11-7-19-14-9(11)2-1-3-13(14)18/h1-7,19H. The first-order valence-corrected chi connectivity index (χ1v) is 7.79. The number of ketones is 1. The summed E-state index contributed by atoms with van der Waals surface area (Å²) in [6.45, 7) is 0. The maximum Gasteiger partial charge on any atom is 0.196 e. The lowest BCUT2D eigenvalue weighted by molar-refractivity contribution is 0.103. The number of aromatic amines is 1. The van der Waals surface area contributed by atoms with Crippen molar-refractivity contribution < 1.29 is 4.79 Å². The predicted octanol–water partition coefficient (Wildman–Crippen LogP) is 5.58. The first kappa shape index (κ1) is 13.9. The van der Waals surface area contributed by atoms with Gasteiger partial charge in [0, 0.05) is 31.7 Å². The van der Waals surface area contributed by atoms with Gasteiger partial charge in [-0.25, -0.2) is 0 Å². The van der Waals surface area contributed by atoms with Crippen LogP contribution >= 0.6 is 43.5 Å². The molecule has 0 amide bonds. The lowest BCUT2D eigenvalue weighted by Crippen LogP contribution is -2.01. The van der Waals surface area contributed by atoms with Gasteiger partial charge in [-0.15, -0.1) is 0 Å². The highest BCUT2D eigenvalue weighted by atomic mass is 79.9. The van der Waals surface area contributed by atoms with Gasteiger partial charge >= 0.3 is 0 Å². The SMILES string of the molecule is O=C(c1cc(Br)ccc1Br)c1c[nH]c2c(Cl)cccc12. The number of rotatable bonds is 2. The molecular weight excluding hydrogens is 405 g/mol. The van der Waals surface area contributed by atoms with E-state index in [0.717, 1.165) is 19.8 Å². The molecule has 0 fully saturated rings. The molecule has 3 aromatic rings. The third-order valence-corrected chi connectivity index (χ3v) is 4.58. The minimum atomic E-state index is -0.0494. The third-order valence-electron chi connectivity index (χ3n) is 3.08. The molecule has 0 aliphatic heterocycles. The zero-order chi connectivity index (χ0) is 14.3. The van der Waals surface area contributed by atoms with Crippen molar-refractivity contribution >= 4 is 60.1 Å². The van der Waals surface area contributed by atoms with Crippen molar-refractivity contribution in [3.63, 3.8) is 0 Å². The highest BCUT2D eigenvalue weighted by Gasteiger charge is 2.17. The first-order chi connectivity index (χ1) is 9.58. The molecular formula is C15H8Br2ClNO. The molecule has 1 aromatic heterocycles. The van der Waals surface area contributed by atoms with Crippen LogP contribution in [0.4, 0.5) is 0 Å². The number of para-hydroxylation sites is 1. The van der Waals surface area contributed by atoms with Crippen LogP contribution < -0.4 is 0 Å². The number of benzene rings is 2. The number of halogens is 3. The number of nitrogens with one attached hydrogen (secondary N) is 1. The van der Waals surface area contributed by atoms with E-state index < -0.39 is 0 Å². The quantitative estimate of drug-likeness (QED) is 0.547. The largest absolute Gasteiger partial charge is 0.359 e. The molecule has 100 valence electrons. The Hall–Kier alpha value is -1.10. The fourth-order valence-electron chi connectivity index (χ4n) is 2.12. The lowest BCUT2D eigenvalue weighted by Gasteiger charge is -2.04. The van der Waals surface area contributed by atoms with Crippen LogP contribution in [0.2, 0.25) is 5.02 Å². The smallest absolute Gasteiger partial charge is 0.196 e. The minimum Gasteiger partial charge on any atom is -0.359 e. The Bertz CT molecular complexity index is 826. The van der Waals surface area contributed by atoms with Crippen molar-refractivity contribution in [3.05, 3.63) is 67.7 Å². The molecule has 0 radical (unpaired) electrons. The van der Waals surface area contributed by atoms with E-state index in [1.807, 2.05) is 24.3 Å². The maximum absolute atomic E-state index is 12.7. The topological polar surface area (TPSA) is 32.9 Å². The second-order valence-electron chi connectivity index (χ2n) is 4.32. The predicted molar refractivity (Wildman–Crippen MR) is 88.6 cm³/mol. The number of carbonyl (C=O) groups excluding carboxylic acids is 1. The van der Waals surface area contributed by atoms with E-state index in [4.69, 9.17) is 11.6 Å². The van der Waals surface area contributed by atoms with Gasteiger partial charge in [-0.2, -0.15) is 0 Å². The van der Waals surface area contributed by atoms with Crippen LogP contribution in [-0.2, 0) is 0 Å². The number of carbonyl (C=O) groups is 1. The Morgan fingerprint density at radius 3 is 2.70 bits per heavy atom. The van der Waals surface area contributed by atoms with E-state index in [0.29, 0.717) is 16.1 Å². The molecule has 0 aliphatic carbocycles. The van der Waals surface area contributed by atoms with Gasteiger partial charge in [0.1, 0.15) is 0 Å². The van der Waals surface area contributed by atoms with Crippen molar-refractivity contribution in [2.75, 3.05) is 0 Å². The zero-order valence-electron chi connectivity index (χ0n) is 10.1. The van der Waals surface area contributed by atoms with E-state index in [1.54, 1.807) is 18.3 Å². The molecule has 0 saturated heterocycles. The summed E-state index contributed by atoms with van der Waals surface area (Å²) in [6, 6.07) is 11.0. The molecule has 3 rings (SSSR count). The molecule has 5 heteroatoms. The minimum absolute atomic E-state index is 0.0494. The molecule has 2 nitrogen and oxygen atoms in total. The normalized spacial score (nSPS) is 10.9. The van der Waals surface area contributed by atoms with Crippen molar-refractivity contribution in [2.24, 2.45) is 0 Å². The Morgan fingerprint density at radius 1 is 1.10 bits per heavy atom. The Balaban J connectivity index is 2.18. The van der Waals surface area contributed by atoms with Crippen molar-refractivity contribution in [1.29, 1.82) is 0 Å². The fourth-order valence-corrected chi connectivity index (χ4v) is 3.14. The zero-order valence-corrected chi connectivity index (χ0v) is 14.0. The summed E-state index contributed by atoms with van der Waals surface area (Å²) in [5.41, 5.74) is 2.00. The summed E-state index contributed by atoms with van der Waals surface area (Å²) in [6.07, 6.45) is 1.70. The molecule has 0 saturated carbocycles. The van der Waals surface area contributed by atoms with E-state index in [9.17, 15) is 4.79 Å². The lowest BCUT2D eigenvalue weighted by atomic mass is 10.0. The fraction of sp³-hybridized carbons (Fsp3) is 0. The van der Waals surface area contributed by atoms with Crippen molar-refractivity contribution in [2.45, 2.75) is 0 Å². The average Bonchev–Trinajstić information content (AvgIpc) is 2.86. The summed E-state index contributed by atoms with van der Waals surface area (Å²) in [7, 11) is 0. The average molecular weight is 413 g/mol. The van der Waals surface area contributed by atoms with Crippen LogP contribution in [0.3, 0.4) is 0 Å². The van der Waals surface area contributed by atoms with Crippen LogP contribution in [-0.4, -0.2) is 10.8 Å². The maximum atomic E-state index is 12.7. The summed E-state index contributed by atoms with van der Waals surface area (Å²) >= 11 is 12.9. The summed E-state index contributed by atoms with van der Waals surface area (Å²) in [4.78, 5) is 15.8. The second kappa shape index (κ2) is 5.35. The molecule has 1 N–H and O–H groups in total. The highest BCUT2D eigenvalue weighted by molar-refractivity contribution is 9.11. The van der Waals surface area contributed by atoms with Gasteiger partial charge in [0.2, 0.25) is 0 Å². The molecule has 0 unspecified atom stereocenters. The van der Waals surface area contributed by atoms with Gasteiger partial charge in [-0.05, 0) is 24.3 Å². The van der Waals surface area contributed by atoms with Crippen molar-refractivity contribution in [3.8, 4) is 0 Å². The van der Waals surface area contributed by atoms with Gasteiger partial charge in [0.15, 0.2) is 5.78 Å². The Kier molecular flexibility index (Phi) is 3.71. The molecule has 2 aromatic carbocycles. The third kappa shape index (κ3) is 2.32. The van der Waals surface area contributed by atoms with Crippen LogP contribution in [0.25, 0.3) is 10.9 Å². The molecule has 0 atom stereocenters. The van der Waals surface area contributed by atoms with E-state index in [1.165, 1.54) is 0 Å². The second-order valence-corrected chi connectivity index (χ2v) is 6.50. The van der Waals surface area contributed by atoms with Gasteiger partial charge in [0.05, 0.1) is 10.5 Å². The monoisotopic (exact) mass is 411 g/mol. The molecule has 0 aliphatic rings. The molecule has 20 heavy (non-hydrogen) atoms. The first-order valence-electron chi connectivity index (χ1n) is 5.83. The van der Waals surface area contributed by atoms with Gasteiger partial charge in [-0.3, -0.25) is 4.79 Å². The Labute approximate surface area is 137 Å². The van der Waals surface area contributed by atoms with E-state index in [-0.39, 0.29) is 5.78 Å².